The molecule has 2 aromatic rings. The molecule has 3 heterocycles. The zero-order chi connectivity index (χ0) is 23.3. The van der Waals surface area contributed by atoms with Crippen LogP contribution >= 0.6 is 11.3 Å². The molecular weight excluding hydrogens is 466 g/mol. The van der Waals surface area contributed by atoms with Gasteiger partial charge in [-0.3, -0.25) is 4.79 Å². The van der Waals surface area contributed by atoms with Crippen molar-refractivity contribution < 1.29 is 26.7 Å². The van der Waals surface area contributed by atoms with Crippen molar-refractivity contribution in [3.63, 3.8) is 0 Å². The lowest BCUT2D eigenvalue weighted by Gasteiger charge is -2.40. The van der Waals surface area contributed by atoms with E-state index < -0.39 is 33.3 Å². The summed E-state index contributed by atoms with van der Waals surface area (Å²) in [5.74, 6) is -0.783. The summed E-state index contributed by atoms with van der Waals surface area (Å²) in [5, 5.41) is 3.71. The number of thiazole rings is 1. The number of hydrogen-bond donors (Lipinski definition) is 2. The summed E-state index contributed by atoms with van der Waals surface area (Å²) in [6.07, 6.45) is 2.55. The van der Waals surface area contributed by atoms with E-state index in [1.807, 2.05) is 0 Å². The van der Waals surface area contributed by atoms with Gasteiger partial charge in [0.15, 0.2) is 0 Å². The number of hydrogen-bond acceptors (Lipinski definition) is 9. The number of pyridine rings is 1. The molecule has 0 radical (unpaired) electrons. The quantitative estimate of drug-likeness (QED) is 0.636. The van der Waals surface area contributed by atoms with E-state index in [2.05, 4.69) is 25.0 Å². The van der Waals surface area contributed by atoms with Crippen molar-refractivity contribution in [1.82, 2.24) is 14.3 Å². The highest BCUT2D eigenvalue weighted by molar-refractivity contribution is 7.90. The fraction of sp³-hybridized carbons (Fsp3) is 0.444. The Morgan fingerprint density at radius 1 is 1.41 bits per heavy atom. The van der Waals surface area contributed by atoms with Gasteiger partial charge in [0.1, 0.15) is 33.1 Å². The fourth-order valence-corrected chi connectivity index (χ4v) is 6.78. The number of rotatable bonds is 6. The van der Waals surface area contributed by atoms with Crippen molar-refractivity contribution in [2.75, 3.05) is 12.4 Å². The first-order valence-electron chi connectivity index (χ1n) is 9.53. The number of nitrogens with two attached hydrogens (primary N) is 1. The van der Waals surface area contributed by atoms with Crippen LogP contribution in [-0.4, -0.2) is 53.5 Å². The lowest BCUT2D eigenvalue weighted by molar-refractivity contribution is -0.0500. The average molecular weight is 487 g/mol. The third-order valence-electron chi connectivity index (χ3n) is 5.35. The summed E-state index contributed by atoms with van der Waals surface area (Å²) < 4.78 is 55.8. The van der Waals surface area contributed by atoms with Crippen molar-refractivity contribution in [3.8, 4) is 5.75 Å². The van der Waals surface area contributed by atoms with Gasteiger partial charge < -0.3 is 15.8 Å². The summed E-state index contributed by atoms with van der Waals surface area (Å²) in [6.45, 7) is -1.31. The molecular formula is C18H20F2N6O4S2. The molecule has 0 bridgehead atoms. The third-order valence-corrected chi connectivity index (χ3v) is 8.85. The molecule has 32 heavy (non-hydrogen) atoms. The van der Waals surface area contributed by atoms with Gasteiger partial charge in [-0.05, 0) is 37.8 Å². The first kappa shape index (κ1) is 22.3. The predicted octanol–water partition coefficient (Wildman–Crippen LogP) is 1.98. The summed E-state index contributed by atoms with van der Waals surface area (Å²) >= 11 is 1.16. The molecule has 14 heteroatoms. The number of carbonyl (C=O) groups is 1. The van der Waals surface area contributed by atoms with Crippen LogP contribution in [0.15, 0.2) is 28.7 Å². The van der Waals surface area contributed by atoms with Crippen molar-refractivity contribution in [3.05, 3.63) is 34.4 Å². The van der Waals surface area contributed by atoms with E-state index in [0.717, 1.165) is 34.7 Å². The van der Waals surface area contributed by atoms with Gasteiger partial charge in [-0.25, -0.2) is 27.7 Å². The van der Waals surface area contributed by atoms with E-state index in [0.29, 0.717) is 5.01 Å². The molecule has 3 N–H and O–H groups in total. The van der Waals surface area contributed by atoms with Crippen LogP contribution in [0.5, 0.6) is 5.75 Å². The minimum Gasteiger partial charge on any atom is -0.433 e. The van der Waals surface area contributed by atoms with Crippen molar-refractivity contribution in [2.24, 2.45) is 16.6 Å². The molecule has 1 aliphatic carbocycles. The van der Waals surface area contributed by atoms with Crippen LogP contribution < -0.4 is 15.8 Å². The Hall–Kier alpha value is -2.87. The van der Waals surface area contributed by atoms with Gasteiger partial charge in [0.25, 0.3) is 5.91 Å². The maximum Gasteiger partial charge on any atom is 0.387 e. The lowest BCUT2D eigenvalue weighted by atomic mass is 9.95. The molecule has 0 spiro atoms. The second-order valence-electron chi connectivity index (χ2n) is 7.64. The number of nitrogens with zero attached hydrogens (tertiary/aromatic N) is 4. The van der Waals surface area contributed by atoms with Gasteiger partial charge in [-0.15, -0.1) is 11.3 Å². The van der Waals surface area contributed by atoms with Gasteiger partial charge in [0.05, 0.1) is 6.20 Å². The minimum absolute atomic E-state index is 0.0348. The number of guanidine groups is 1. The van der Waals surface area contributed by atoms with E-state index in [1.165, 1.54) is 19.2 Å². The summed E-state index contributed by atoms with van der Waals surface area (Å²) in [5.41, 5.74) is 4.66. The monoisotopic (exact) mass is 486 g/mol. The smallest absolute Gasteiger partial charge is 0.387 e. The number of halogens is 2. The first-order chi connectivity index (χ1) is 15.0. The molecule has 0 aromatic carbocycles. The average Bonchev–Trinajstić information content (AvgIpc) is 3.41. The van der Waals surface area contributed by atoms with E-state index >= 15 is 0 Å². The molecule has 172 valence electrons. The van der Waals surface area contributed by atoms with E-state index in [9.17, 15) is 22.0 Å². The van der Waals surface area contributed by atoms with Crippen LogP contribution in [0.25, 0.3) is 0 Å². The van der Waals surface area contributed by atoms with Gasteiger partial charge in [-0.1, -0.05) is 0 Å². The molecule has 10 nitrogen and oxygen atoms in total. The van der Waals surface area contributed by atoms with Gasteiger partial charge in [0, 0.05) is 12.4 Å². The Kier molecular flexibility index (Phi) is 5.53. The number of amides is 1. The zero-order valence-corrected chi connectivity index (χ0v) is 18.7. The van der Waals surface area contributed by atoms with Crippen LogP contribution in [0.4, 0.5) is 14.6 Å². The van der Waals surface area contributed by atoms with Crippen molar-refractivity contribution in [1.29, 1.82) is 0 Å². The number of alkyl halides is 2. The Morgan fingerprint density at radius 3 is 2.72 bits per heavy atom. The molecule has 1 amide bonds. The molecule has 2 aromatic heterocycles. The highest BCUT2D eigenvalue weighted by Gasteiger charge is 2.57. The molecule has 2 atom stereocenters. The van der Waals surface area contributed by atoms with Crippen molar-refractivity contribution >= 4 is 39.0 Å². The molecule has 0 saturated heterocycles. The zero-order valence-electron chi connectivity index (χ0n) is 17.0. The third kappa shape index (κ3) is 3.99. The highest BCUT2D eigenvalue weighted by Crippen LogP contribution is 2.50. The van der Waals surface area contributed by atoms with E-state index in [4.69, 9.17) is 5.73 Å². The van der Waals surface area contributed by atoms with Gasteiger partial charge in [0.2, 0.25) is 16.0 Å². The Balaban J connectivity index is 1.57. The maximum absolute atomic E-state index is 13.1. The standard InChI is InChI=1S/C18H20F2N6O4S2/c1-18(13(9-3-4-9)32(28,29)26(2)17(21)25-18)15-24-12(8-31-15)23-14(27)11-6-5-10(7-22-11)30-16(19)20/h5-9,13,16H,3-4H2,1-2H3,(H2,21,25)(H,23,27)/t13-,18-/m0/s1. The molecule has 4 rings (SSSR count). The Labute approximate surface area is 186 Å². The lowest BCUT2D eigenvalue weighted by Crippen LogP contribution is -2.57. The largest absolute Gasteiger partial charge is 0.433 e. The minimum atomic E-state index is -3.73. The maximum atomic E-state index is 13.1. The number of sulfonamides is 1. The topological polar surface area (TPSA) is 140 Å². The summed E-state index contributed by atoms with van der Waals surface area (Å²) in [4.78, 5) is 25.1. The number of anilines is 1. The number of aliphatic imine (C=N–C) groups is 1. The molecule has 1 saturated carbocycles. The molecule has 1 aliphatic heterocycles. The van der Waals surface area contributed by atoms with Crippen LogP contribution in [0.1, 0.15) is 35.3 Å². The Bertz CT molecular complexity index is 1170. The van der Waals surface area contributed by atoms with E-state index in [1.54, 1.807) is 12.3 Å². The molecule has 1 fully saturated rings. The van der Waals surface area contributed by atoms with Gasteiger partial charge >= 0.3 is 6.61 Å². The van der Waals surface area contributed by atoms with Crippen molar-refractivity contribution in [2.45, 2.75) is 37.2 Å². The Morgan fingerprint density at radius 2 is 2.12 bits per heavy atom. The summed E-state index contributed by atoms with van der Waals surface area (Å²) in [6, 6.07) is 2.43. The molecule has 0 unspecified atom stereocenters. The fourth-order valence-electron chi connectivity index (χ4n) is 3.66. The SMILES string of the molecule is CN1C(N)=N[C@](C)(c2nc(NC(=O)c3ccc(OC(F)F)cn3)cs2)[C@H](C2CC2)S1(=O)=O. The first-order valence-corrected chi connectivity index (χ1v) is 11.9. The predicted molar refractivity (Wildman–Crippen MR) is 113 cm³/mol. The van der Waals surface area contributed by atoms with Gasteiger partial charge in [-0.2, -0.15) is 8.78 Å². The number of carbonyl (C=O) groups excluding carboxylic acids is 1. The summed E-state index contributed by atoms with van der Waals surface area (Å²) in [7, 11) is -2.36. The second-order valence-corrected chi connectivity index (χ2v) is 10.6. The van der Waals surface area contributed by atoms with E-state index in [-0.39, 0.29) is 29.1 Å². The van der Waals surface area contributed by atoms with Crippen LogP contribution in [0.2, 0.25) is 0 Å². The number of ether oxygens (including phenoxy) is 1. The normalized spacial score (nSPS) is 24.8. The molecule has 2 aliphatic rings. The second kappa shape index (κ2) is 7.92. The highest BCUT2D eigenvalue weighted by atomic mass is 32.2. The van der Waals surface area contributed by atoms with Crippen LogP contribution in [-0.2, 0) is 15.6 Å². The van der Waals surface area contributed by atoms with Crippen LogP contribution in [0, 0.1) is 5.92 Å². The van der Waals surface area contributed by atoms with Crippen LogP contribution in [0.3, 0.4) is 0 Å². The number of aromatic nitrogens is 2. The number of nitrogens with one attached hydrogen (secondary N) is 1.